The van der Waals surface area contributed by atoms with Crippen molar-refractivity contribution in [3.05, 3.63) is 64.1 Å². The maximum atomic E-state index is 12.9. The normalized spacial score (nSPS) is 11.5. The van der Waals surface area contributed by atoms with Crippen LogP contribution in [0.1, 0.15) is 11.3 Å². The Morgan fingerprint density at radius 3 is 2.38 bits per heavy atom. The minimum Gasteiger partial charge on any atom is -0.423 e. The highest BCUT2D eigenvalue weighted by Gasteiger charge is 2.34. The Bertz CT molecular complexity index is 698. The Hall–Kier alpha value is -2.06. The molecule has 0 aliphatic rings. The molecule has 0 fully saturated rings. The third-order valence-corrected chi connectivity index (χ3v) is 2.93. The molecule has 0 amide bonds. The fraction of sp³-hybridized carbons (Fsp3) is 0.154. The van der Waals surface area contributed by atoms with E-state index in [0.29, 0.717) is 10.1 Å². The second kappa shape index (κ2) is 5.75. The van der Waals surface area contributed by atoms with Gasteiger partial charge in [0.1, 0.15) is 5.69 Å². The molecule has 0 saturated heterocycles. The van der Waals surface area contributed by atoms with Crippen molar-refractivity contribution in [2.45, 2.75) is 12.7 Å². The van der Waals surface area contributed by atoms with Gasteiger partial charge in [-0.3, -0.25) is 9.36 Å². The lowest BCUT2D eigenvalue weighted by Gasteiger charge is -2.15. The first-order valence-corrected chi connectivity index (χ1v) is 6.01. The van der Waals surface area contributed by atoms with Crippen LogP contribution in [0.2, 0.25) is 0 Å². The van der Waals surface area contributed by atoms with Gasteiger partial charge in [-0.2, -0.15) is 13.2 Å². The SMILES string of the molecule is O=c1cccc(C(F)(F)F)n1Cc1cccc(B(O)O)c1. The molecule has 0 radical (unpaired) electrons. The largest absolute Gasteiger partial charge is 0.488 e. The van der Waals surface area contributed by atoms with E-state index in [1.54, 1.807) is 0 Å². The molecule has 0 saturated carbocycles. The standard InChI is InChI=1S/C13H11BF3NO3/c15-13(16,17)11-5-2-6-12(19)18(11)8-9-3-1-4-10(7-9)14(20)21/h1-7,20-21H,8H2. The predicted molar refractivity (Wildman–Crippen MR) is 71.1 cm³/mol. The minimum atomic E-state index is -4.64. The summed E-state index contributed by atoms with van der Waals surface area (Å²) in [4.78, 5) is 11.7. The first-order valence-electron chi connectivity index (χ1n) is 6.01. The van der Waals surface area contributed by atoms with Gasteiger partial charge in [0.2, 0.25) is 0 Å². The number of nitrogens with zero attached hydrogens (tertiary/aromatic N) is 1. The lowest BCUT2D eigenvalue weighted by Crippen LogP contribution is -2.31. The Morgan fingerprint density at radius 2 is 1.76 bits per heavy atom. The molecular weight excluding hydrogens is 286 g/mol. The average Bonchev–Trinajstić information content (AvgIpc) is 2.40. The van der Waals surface area contributed by atoms with Crippen molar-refractivity contribution in [3.63, 3.8) is 0 Å². The lowest BCUT2D eigenvalue weighted by atomic mass is 9.79. The highest BCUT2D eigenvalue weighted by Crippen LogP contribution is 2.28. The molecule has 0 unspecified atom stereocenters. The fourth-order valence-electron chi connectivity index (χ4n) is 1.97. The third kappa shape index (κ3) is 3.53. The highest BCUT2D eigenvalue weighted by molar-refractivity contribution is 6.58. The zero-order valence-corrected chi connectivity index (χ0v) is 10.7. The summed E-state index contributed by atoms with van der Waals surface area (Å²) in [7, 11) is -1.72. The molecule has 0 atom stereocenters. The molecule has 2 rings (SSSR count). The summed E-state index contributed by atoms with van der Waals surface area (Å²) >= 11 is 0. The van der Waals surface area contributed by atoms with Crippen LogP contribution in [0, 0.1) is 0 Å². The molecule has 21 heavy (non-hydrogen) atoms. The van der Waals surface area contributed by atoms with Gasteiger partial charge in [0.05, 0.1) is 6.54 Å². The maximum absolute atomic E-state index is 12.9. The molecule has 2 aromatic rings. The zero-order valence-electron chi connectivity index (χ0n) is 10.7. The fourth-order valence-corrected chi connectivity index (χ4v) is 1.97. The van der Waals surface area contributed by atoms with Gasteiger partial charge in [-0.15, -0.1) is 0 Å². The first-order chi connectivity index (χ1) is 9.79. The van der Waals surface area contributed by atoms with Gasteiger partial charge in [-0.05, 0) is 17.1 Å². The quantitative estimate of drug-likeness (QED) is 0.815. The van der Waals surface area contributed by atoms with Crippen molar-refractivity contribution in [3.8, 4) is 0 Å². The summed E-state index contributed by atoms with van der Waals surface area (Å²) in [6.45, 7) is -0.310. The third-order valence-electron chi connectivity index (χ3n) is 2.93. The molecule has 1 heterocycles. The molecule has 2 N–H and O–H groups in total. The van der Waals surface area contributed by atoms with Crippen LogP contribution in [0.25, 0.3) is 0 Å². The minimum absolute atomic E-state index is 0.144. The second-order valence-corrected chi connectivity index (χ2v) is 4.45. The number of rotatable bonds is 3. The van der Waals surface area contributed by atoms with E-state index < -0.39 is 24.5 Å². The Morgan fingerprint density at radius 1 is 1.10 bits per heavy atom. The molecule has 1 aromatic heterocycles. The van der Waals surface area contributed by atoms with E-state index in [1.807, 2.05) is 0 Å². The first kappa shape index (κ1) is 15.3. The van der Waals surface area contributed by atoms with Gasteiger partial charge in [0.25, 0.3) is 5.56 Å². The molecule has 0 aliphatic heterocycles. The van der Waals surface area contributed by atoms with E-state index >= 15 is 0 Å². The summed E-state index contributed by atoms with van der Waals surface area (Å²) in [6, 6.07) is 8.66. The number of hydrogen-bond donors (Lipinski definition) is 2. The van der Waals surface area contributed by atoms with Crippen molar-refractivity contribution >= 4 is 12.6 Å². The van der Waals surface area contributed by atoms with E-state index in [4.69, 9.17) is 10.0 Å². The summed E-state index contributed by atoms with van der Waals surface area (Å²) in [5, 5.41) is 18.1. The Balaban J connectivity index is 2.45. The number of halogens is 3. The lowest BCUT2D eigenvalue weighted by molar-refractivity contribution is -0.144. The molecular formula is C13H11BF3NO3. The zero-order chi connectivity index (χ0) is 15.6. The van der Waals surface area contributed by atoms with Crippen molar-refractivity contribution < 1.29 is 23.2 Å². The van der Waals surface area contributed by atoms with Crippen LogP contribution < -0.4 is 11.0 Å². The van der Waals surface area contributed by atoms with Gasteiger partial charge < -0.3 is 10.0 Å². The van der Waals surface area contributed by atoms with Crippen LogP contribution in [0.5, 0.6) is 0 Å². The molecule has 0 aliphatic carbocycles. The molecule has 4 nitrogen and oxygen atoms in total. The van der Waals surface area contributed by atoms with Crippen LogP contribution in [0.15, 0.2) is 47.3 Å². The summed E-state index contributed by atoms with van der Waals surface area (Å²) in [6.07, 6.45) is -4.64. The van der Waals surface area contributed by atoms with E-state index in [2.05, 4.69) is 0 Å². The van der Waals surface area contributed by atoms with Crippen LogP contribution >= 0.6 is 0 Å². The number of hydrogen-bond acceptors (Lipinski definition) is 3. The van der Waals surface area contributed by atoms with Crippen LogP contribution in [-0.4, -0.2) is 21.7 Å². The van der Waals surface area contributed by atoms with Crippen molar-refractivity contribution in [1.82, 2.24) is 4.57 Å². The van der Waals surface area contributed by atoms with Gasteiger partial charge >= 0.3 is 13.3 Å². The number of pyridine rings is 1. The molecule has 110 valence electrons. The Labute approximate surface area is 118 Å². The second-order valence-electron chi connectivity index (χ2n) is 4.45. The van der Waals surface area contributed by atoms with E-state index in [9.17, 15) is 18.0 Å². The summed E-state index contributed by atoms with van der Waals surface area (Å²) in [5.41, 5.74) is -1.32. The van der Waals surface area contributed by atoms with Crippen molar-refractivity contribution in [2.24, 2.45) is 0 Å². The predicted octanol–water partition coefficient (Wildman–Crippen LogP) is 0.595. The van der Waals surface area contributed by atoms with Gasteiger partial charge in [-0.25, -0.2) is 0 Å². The van der Waals surface area contributed by atoms with E-state index in [-0.39, 0.29) is 12.0 Å². The monoisotopic (exact) mass is 297 g/mol. The van der Waals surface area contributed by atoms with Gasteiger partial charge in [0.15, 0.2) is 0 Å². The smallest absolute Gasteiger partial charge is 0.423 e. The van der Waals surface area contributed by atoms with Gasteiger partial charge in [-0.1, -0.05) is 30.3 Å². The topological polar surface area (TPSA) is 62.5 Å². The Kier molecular flexibility index (Phi) is 4.20. The van der Waals surface area contributed by atoms with Crippen LogP contribution in [0.4, 0.5) is 13.2 Å². The summed E-state index contributed by atoms with van der Waals surface area (Å²) < 4.78 is 39.3. The number of alkyl halides is 3. The molecule has 0 bridgehead atoms. The molecule has 0 spiro atoms. The number of benzene rings is 1. The van der Waals surface area contributed by atoms with Crippen molar-refractivity contribution in [1.29, 1.82) is 0 Å². The van der Waals surface area contributed by atoms with E-state index in [1.165, 1.54) is 24.3 Å². The van der Waals surface area contributed by atoms with Crippen molar-refractivity contribution in [2.75, 3.05) is 0 Å². The molecule has 1 aromatic carbocycles. The molecule has 8 heteroatoms. The average molecular weight is 297 g/mol. The highest BCUT2D eigenvalue weighted by atomic mass is 19.4. The van der Waals surface area contributed by atoms with Gasteiger partial charge in [0, 0.05) is 6.07 Å². The van der Waals surface area contributed by atoms with E-state index in [0.717, 1.165) is 18.2 Å². The maximum Gasteiger partial charge on any atom is 0.488 e. The summed E-state index contributed by atoms with van der Waals surface area (Å²) in [5.74, 6) is 0. The van der Waals surface area contributed by atoms with Crippen LogP contribution in [-0.2, 0) is 12.7 Å². The number of aromatic nitrogens is 1. The van der Waals surface area contributed by atoms with Crippen LogP contribution in [0.3, 0.4) is 0 Å².